The molecule has 2 aromatic rings. The third kappa shape index (κ3) is 6.19. The summed E-state index contributed by atoms with van der Waals surface area (Å²) in [6.07, 6.45) is 2.55. The van der Waals surface area contributed by atoms with Crippen molar-refractivity contribution in [1.29, 1.82) is 0 Å². The lowest BCUT2D eigenvalue weighted by molar-refractivity contribution is -0.121. The Morgan fingerprint density at radius 1 is 1.17 bits per heavy atom. The Hall–Kier alpha value is -1.49. The molecule has 0 saturated heterocycles. The maximum atomic E-state index is 12.0. The Labute approximate surface area is 153 Å². The Morgan fingerprint density at radius 2 is 1.88 bits per heavy atom. The van der Waals surface area contributed by atoms with E-state index in [9.17, 15) is 4.79 Å². The number of carbonyl (C=O) groups excluding carboxylic acids is 1. The fourth-order valence-electron chi connectivity index (χ4n) is 2.34. The Bertz CT molecular complexity index is 661. The van der Waals surface area contributed by atoms with Gasteiger partial charge in [0.25, 0.3) is 0 Å². The van der Waals surface area contributed by atoms with E-state index in [1.807, 2.05) is 31.3 Å². The first-order valence-corrected chi connectivity index (χ1v) is 9.50. The predicted octanol–water partition coefficient (Wildman–Crippen LogP) is 4.20. The lowest BCUT2D eigenvalue weighted by atomic mass is 10.2. The predicted molar refractivity (Wildman–Crippen MR) is 102 cm³/mol. The van der Waals surface area contributed by atoms with Crippen LogP contribution in [0.4, 0.5) is 0 Å². The monoisotopic (exact) mass is 362 g/mol. The highest BCUT2D eigenvalue weighted by Crippen LogP contribution is 2.16. The number of nitrogens with zero attached hydrogens (tertiary/aromatic N) is 1. The van der Waals surface area contributed by atoms with Crippen LogP contribution in [0.3, 0.4) is 0 Å². The quantitative estimate of drug-likeness (QED) is 0.714. The van der Waals surface area contributed by atoms with Crippen LogP contribution in [0, 0.1) is 0 Å². The lowest BCUT2D eigenvalue weighted by Gasteiger charge is -2.16. The summed E-state index contributed by atoms with van der Waals surface area (Å²) in [5.41, 5.74) is 2.20. The minimum Gasteiger partial charge on any atom is -0.352 e. The number of thioether (sulfide) groups is 1. The maximum absolute atomic E-state index is 12.0. The van der Waals surface area contributed by atoms with Crippen molar-refractivity contribution < 1.29 is 4.79 Å². The van der Waals surface area contributed by atoms with E-state index in [1.165, 1.54) is 10.5 Å². The van der Waals surface area contributed by atoms with Gasteiger partial charge in [0.15, 0.2) is 0 Å². The molecule has 0 atom stereocenters. The van der Waals surface area contributed by atoms with E-state index in [-0.39, 0.29) is 5.91 Å². The molecule has 3 nitrogen and oxygen atoms in total. The largest absolute Gasteiger partial charge is 0.352 e. The van der Waals surface area contributed by atoms with Crippen molar-refractivity contribution in [3.8, 4) is 0 Å². The molecule has 2 rings (SSSR count). The summed E-state index contributed by atoms with van der Waals surface area (Å²) in [6.45, 7) is 2.03. The van der Waals surface area contributed by atoms with Gasteiger partial charge in [-0.15, -0.1) is 11.8 Å². The number of rotatable bonds is 8. The highest BCUT2D eigenvalue weighted by Gasteiger charge is 2.06. The Morgan fingerprint density at radius 3 is 2.54 bits per heavy atom. The number of amides is 1. The third-order valence-electron chi connectivity index (χ3n) is 3.77. The molecule has 1 amide bonds. The topological polar surface area (TPSA) is 32.3 Å². The van der Waals surface area contributed by atoms with E-state index < -0.39 is 0 Å². The average Bonchev–Trinajstić information content (AvgIpc) is 2.60. The lowest BCUT2D eigenvalue weighted by Crippen LogP contribution is -2.28. The van der Waals surface area contributed by atoms with Crippen molar-refractivity contribution >= 4 is 29.3 Å². The van der Waals surface area contributed by atoms with Gasteiger partial charge < -0.3 is 10.2 Å². The van der Waals surface area contributed by atoms with E-state index in [0.29, 0.717) is 18.0 Å². The van der Waals surface area contributed by atoms with Crippen LogP contribution in [0.2, 0.25) is 5.02 Å². The first-order valence-electron chi connectivity index (χ1n) is 7.90. The average molecular weight is 363 g/mol. The van der Waals surface area contributed by atoms with Gasteiger partial charge in [0.2, 0.25) is 5.91 Å². The van der Waals surface area contributed by atoms with Crippen molar-refractivity contribution in [3.05, 3.63) is 64.7 Å². The summed E-state index contributed by atoms with van der Waals surface area (Å²) in [7, 11) is 2.03. The number of carbonyl (C=O) groups is 1. The highest BCUT2D eigenvalue weighted by atomic mass is 35.5. The Balaban J connectivity index is 1.71. The van der Waals surface area contributed by atoms with E-state index in [1.54, 1.807) is 11.8 Å². The van der Waals surface area contributed by atoms with Crippen LogP contribution in [-0.2, 0) is 17.9 Å². The fourth-order valence-corrected chi connectivity index (χ4v) is 2.95. The van der Waals surface area contributed by atoms with Crippen molar-refractivity contribution in [2.75, 3.05) is 19.8 Å². The number of hydrogen-bond acceptors (Lipinski definition) is 3. The molecule has 128 valence electrons. The zero-order valence-corrected chi connectivity index (χ0v) is 15.7. The van der Waals surface area contributed by atoms with E-state index in [4.69, 9.17) is 11.6 Å². The minimum atomic E-state index is 0.0412. The second kappa shape index (κ2) is 9.72. The van der Waals surface area contributed by atoms with E-state index in [0.717, 1.165) is 18.7 Å². The smallest absolute Gasteiger partial charge is 0.221 e. The van der Waals surface area contributed by atoms with Gasteiger partial charge in [-0.2, -0.15) is 0 Å². The first-order chi connectivity index (χ1) is 11.6. The molecule has 24 heavy (non-hydrogen) atoms. The van der Waals surface area contributed by atoms with Gasteiger partial charge in [-0.25, -0.2) is 0 Å². The Kier molecular flexibility index (Phi) is 7.63. The molecule has 2 aromatic carbocycles. The molecule has 0 aliphatic rings. The highest BCUT2D eigenvalue weighted by molar-refractivity contribution is 7.98. The van der Waals surface area contributed by atoms with Crippen molar-refractivity contribution in [2.24, 2.45) is 0 Å². The van der Waals surface area contributed by atoms with Crippen molar-refractivity contribution in [2.45, 2.75) is 24.4 Å². The summed E-state index contributed by atoms with van der Waals surface area (Å²) >= 11 is 7.83. The van der Waals surface area contributed by atoms with Crippen LogP contribution in [0.1, 0.15) is 17.5 Å². The summed E-state index contributed by atoms with van der Waals surface area (Å²) in [5.74, 6) is 0.0412. The molecule has 0 radical (unpaired) electrons. The molecule has 0 saturated carbocycles. The second-order valence-corrected chi connectivity index (χ2v) is 6.99. The third-order valence-corrected chi connectivity index (χ3v) is 4.88. The molecule has 1 N–H and O–H groups in total. The van der Waals surface area contributed by atoms with Gasteiger partial charge in [0, 0.05) is 36.0 Å². The van der Waals surface area contributed by atoms with Crippen LogP contribution in [0.5, 0.6) is 0 Å². The molecular formula is C19H23ClN2OS. The standard InChI is InChI=1S/C19H23ClN2OS/c1-22(14-15-7-9-17(24-2)10-8-15)12-11-19(23)21-13-16-5-3-4-6-18(16)20/h3-10H,11-14H2,1-2H3,(H,21,23). The summed E-state index contributed by atoms with van der Waals surface area (Å²) in [4.78, 5) is 15.4. The van der Waals surface area contributed by atoms with Crippen LogP contribution in [0.15, 0.2) is 53.4 Å². The number of hydrogen-bond donors (Lipinski definition) is 1. The van der Waals surface area contributed by atoms with Gasteiger partial charge in [-0.3, -0.25) is 4.79 Å². The summed E-state index contributed by atoms with van der Waals surface area (Å²) in [5, 5.41) is 3.61. The van der Waals surface area contributed by atoms with Gasteiger partial charge in [-0.05, 0) is 42.6 Å². The molecule has 5 heteroatoms. The maximum Gasteiger partial charge on any atom is 0.221 e. The number of nitrogens with one attached hydrogen (secondary N) is 1. The molecule has 0 fully saturated rings. The SMILES string of the molecule is CSc1ccc(CN(C)CCC(=O)NCc2ccccc2Cl)cc1. The van der Waals surface area contributed by atoms with Crippen molar-refractivity contribution in [3.63, 3.8) is 0 Å². The van der Waals surface area contributed by atoms with Gasteiger partial charge in [0.05, 0.1) is 0 Å². The molecule has 0 aliphatic heterocycles. The summed E-state index contributed by atoms with van der Waals surface area (Å²) in [6, 6.07) is 16.1. The normalized spacial score (nSPS) is 10.8. The number of benzene rings is 2. The molecule has 0 spiro atoms. The van der Waals surface area contributed by atoms with Gasteiger partial charge in [-0.1, -0.05) is 41.9 Å². The van der Waals surface area contributed by atoms with Crippen LogP contribution >= 0.6 is 23.4 Å². The second-order valence-electron chi connectivity index (χ2n) is 5.70. The fraction of sp³-hybridized carbons (Fsp3) is 0.316. The zero-order chi connectivity index (χ0) is 17.4. The minimum absolute atomic E-state index is 0.0412. The first kappa shape index (κ1) is 18.8. The molecule has 0 bridgehead atoms. The molecule has 0 heterocycles. The van der Waals surface area contributed by atoms with Gasteiger partial charge in [0.1, 0.15) is 0 Å². The molecule has 0 aromatic heterocycles. The number of halogens is 1. The summed E-state index contributed by atoms with van der Waals surface area (Å²) < 4.78 is 0. The van der Waals surface area contributed by atoms with Crippen molar-refractivity contribution in [1.82, 2.24) is 10.2 Å². The van der Waals surface area contributed by atoms with Gasteiger partial charge >= 0.3 is 0 Å². The molecule has 0 unspecified atom stereocenters. The van der Waals surface area contributed by atoms with Crippen LogP contribution in [-0.4, -0.2) is 30.7 Å². The van der Waals surface area contributed by atoms with Crippen LogP contribution < -0.4 is 5.32 Å². The molecule has 0 aliphatic carbocycles. The van der Waals surface area contributed by atoms with E-state index >= 15 is 0 Å². The van der Waals surface area contributed by atoms with E-state index in [2.05, 4.69) is 40.7 Å². The van der Waals surface area contributed by atoms with Crippen LogP contribution in [0.25, 0.3) is 0 Å². The zero-order valence-electron chi connectivity index (χ0n) is 14.1. The molecular weight excluding hydrogens is 340 g/mol.